The first-order valence-corrected chi connectivity index (χ1v) is 6.63. The summed E-state index contributed by atoms with van der Waals surface area (Å²) in [6.07, 6.45) is 0. The molecule has 2 rings (SSSR count). The van der Waals surface area contributed by atoms with Crippen LogP contribution in [0.15, 0.2) is 12.1 Å². The number of hydrogen-bond acceptors (Lipinski definition) is 4. The number of rotatable bonds is 5. The van der Waals surface area contributed by atoms with Crippen LogP contribution >= 0.6 is 0 Å². The summed E-state index contributed by atoms with van der Waals surface area (Å²) < 4.78 is 10.7. The Balaban J connectivity index is 2.32. The minimum absolute atomic E-state index is 0.0240. The lowest BCUT2D eigenvalue weighted by atomic mass is 9.86. The molecule has 1 heterocycles. The highest BCUT2D eigenvalue weighted by molar-refractivity contribution is 6.00. The summed E-state index contributed by atoms with van der Waals surface area (Å²) in [7, 11) is 1.87. The minimum Gasteiger partial charge on any atom is -0.454 e. The zero-order valence-corrected chi connectivity index (χ0v) is 11.9. The predicted octanol–water partition coefficient (Wildman–Crippen LogP) is 2.40. The van der Waals surface area contributed by atoms with E-state index >= 15 is 0 Å². The first-order chi connectivity index (χ1) is 9.04. The molecule has 0 aliphatic carbocycles. The topological polar surface area (TPSA) is 47.6 Å². The average Bonchev–Trinajstić information content (AvgIpc) is 2.80. The van der Waals surface area contributed by atoms with E-state index in [2.05, 4.69) is 19.2 Å². The van der Waals surface area contributed by atoms with Gasteiger partial charge in [-0.15, -0.1) is 0 Å². The Kier molecular flexibility index (Phi) is 4.10. The number of benzene rings is 1. The van der Waals surface area contributed by atoms with Crippen LogP contribution in [0, 0.1) is 18.8 Å². The molecule has 0 aromatic heterocycles. The van der Waals surface area contributed by atoms with Crippen molar-refractivity contribution >= 4 is 5.78 Å². The predicted molar refractivity (Wildman–Crippen MR) is 73.9 cm³/mol. The minimum atomic E-state index is -0.0240. The van der Waals surface area contributed by atoms with E-state index in [1.165, 1.54) is 0 Å². The first-order valence-electron chi connectivity index (χ1n) is 6.63. The van der Waals surface area contributed by atoms with Gasteiger partial charge in [-0.1, -0.05) is 13.8 Å². The van der Waals surface area contributed by atoms with Crippen LogP contribution in [-0.2, 0) is 0 Å². The van der Waals surface area contributed by atoms with Gasteiger partial charge in [0.1, 0.15) is 0 Å². The maximum absolute atomic E-state index is 12.7. The summed E-state index contributed by atoms with van der Waals surface area (Å²) in [5.74, 6) is 1.83. The molecule has 0 amide bonds. The normalized spacial score (nSPS) is 14.8. The van der Waals surface area contributed by atoms with Crippen LogP contribution in [0.2, 0.25) is 0 Å². The van der Waals surface area contributed by atoms with Crippen molar-refractivity contribution in [2.24, 2.45) is 11.8 Å². The monoisotopic (exact) mass is 263 g/mol. The highest BCUT2D eigenvalue weighted by atomic mass is 16.7. The van der Waals surface area contributed by atoms with Gasteiger partial charge in [0.15, 0.2) is 17.3 Å². The Hall–Kier alpha value is -1.55. The van der Waals surface area contributed by atoms with E-state index in [0.717, 1.165) is 16.9 Å². The summed E-state index contributed by atoms with van der Waals surface area (Å²) in [4.78, 5) is 12.7. The Morgan fingerprint density at radius 1 is 1.32 bits per heavy atom. The molecule has 1 N–H and O–H groups in total. The quantitative estimate of drug-likeness (QED) is 0.829. The van der Waals surface area contributed by atoms with Crippen molar-refractivity contribution in [2.45, 2.75) is 20.8 Å². The molecule has 1 unspecified atom stereocenters. The lowest BCUT2D eigenvalue weighted by molar-refractivity contribution is 0.0885. The van der Waals surface area contributed by atoms with Crippen molar-refractivity contribution < 1.29 is 14.3 Å². The van der Waals surface area contributed by atoms with Crippen molar-refractivity contribution in [1.82, 2.24) is 5.32 Å². The summed E-state index contributed by atoms with van der Waals surface area (Å²) in [6.45, 7) is 7.00. The van der Waals surface area contributed by atoms with Gasteiger partial charge in [-0.25, -0.2) is 0 Å². The van der Waals surface area contributed by atoms with Gasteiger partial charge in [-0.2, -0.15) is 0 Å². The number of carbonyl (C=O) groups is 1. The number of ether oxygens (including phenoxy) is 2. The molecule has 19 heavy (non-hydrogen) atoms. The number of ketones is 1. The van der Waals surface area contributed by atoms with Gasteiger partial charge < -0.3 is 14.8 Å². The highest BCUT2D eigenvalue weighted by Gasteiger charge is 2.26. The van der Waals surface area contributed by atoms with Crippen molar-refractivity contribution in [2.75, 3.05) is 20.4 Å². The molecule has 0 radical (unpaired) electrons. The molecule has 0 saturated carbocycles. The van der Waals surface area contributed by atoms with Crippen LogP contribution in [0.3, 0.4) is 0 Å². The third kappa shape index (κ3) is 2.73. The van der Waals surface area contributed by atoms with E-state index in [-0.39, 0.29) is 18.5 Å². The molecule has 4 nitrogen and oxygen atoms in total. The Morgan fingerprint density at radius 2 is 1.95 bits per heavy atom. The van der Waals surface area contributed by atoms with Gasteiger partial charge in [0, 0.05) is 18.0 Å². The Labute approximate surface area is 114 Å². The van der Waals surface area contributed by atoms with Gasteiger partial charge in [0.2, 0.25) is 6.79 Å². The second-order valence-corrected chi connectivity index (χ2v) is 5.29. The SMILES string of the molecule is CNCC(C(=O)c1cc2c(cc1C)OCO2)C(C)C. The number of Topliss-reactive ketones (excluding diaryl/α,β-unsaturated/α-hetero) is 1. The number of nitrogens with one attached hydrogen (secondary N) is 1. The maximum Gasteiger partial charge on any atom is 0.231 e. The van der Waals surface area contributed by atoms with Gasteiger partial charge in [-0.3, -0.25) is 4.79 Å². The van der Waals surface area contributed by atoms with Crippen molar-refractivity contribution in [1.29, 1.82) is 0 Å². The lowest BCUT2D eigenvalue weighted by Crippen LogP contribution is -2.30. The molecule has 0 bridgehead atoms. The zero-order valence-electron chi connectivity index (χ0n) is 11.9. The van der Waals surface area contributed by atoms with Crippen LogP contribution < -0.4 is 14.8 Å². The number of aryl methyl sites for hydroxylation is 1. The van der Waals surface area contributed by atoms with E-state index in [4.69, 9.17) is 9.47 Å². The van der Waals surface area contributed by atoms with E-state index < -0.39 is 0 Å². The fourth-order valence-corrected chi connectivity index (χ4v) is 2.36. The highest BCUT2D eigenvalue weighted by Crippen LogP contribution is 2.35. The molecular weight excluding hydrogens is 242 g/mol. The molecule has 1 aliphatic rings. The molecular formula is C15H21NO3. The molecule has 1 aromatic rings. The molecule has 104 valence electrons. The number of fused-ring (bicyclic) bond motifs is 1. The van der Waals surface area contributed by atoms with Crippen molar-refractivity contribution in [3.05, 3.63) is 23.3 Å². The number of carbonyl (C=O) groups excluding carboxylic acids is 1. The van der Waals surface area contributed by atoms with Gasteiger partial charge in [-0.05, 0) is 37.6 Å². The average molecular weight is 263 g/mol. The van der Waals surface area contributed by atoms with Crippen LogP contribution in [0.5, 0.6) is 11.5 Å². The van der Waals surface area contributed by atoms with Gasteiger partial charge in [0.25, 0.3) is 0 Å². The summed E-state index contributed by atoms with van der Waals surface area (Å²) in [6, 6.07) is 3.69. The standard InChI is InChI=1S/C15H21NO3/c1-9(2)12(7-16-4)15(17)11-6-14-13(5-10(11)3)18-8-19-14/h5-6,9,12,16H,7-8H2,1-4H3. The van der Waals surface area contributed by atoms with Gasteiger partial charge in [0.05, 0.1) is 0 Å². The second-order valence-electron chi connectivity index (χ2n) is 5.29. The first kappa shape index (κ1) is 13.9. The molecule has 4 heteroatoms. The summed E-state index contributed by atoms with van der Waals surface area (Å²) in [5, 5.41) is 3.09. The maximum atomic E-state index is 12.7. The third-order valence-electron chi connectivity index (χ3n) is 3.55. The van der Waals surface area contributed by atoms with E-state index in [1.807, 2.05) is 26.1 Å². The van der Waals surface area contributed by atoms with Crippen LogP contribution in [0.25, 0.3) is 0 Å². The molecule has 1 aromatic carbocycles. The number of hydrogen-bond donors (Lipinski definition) is 1. The third-order valence-corrected chi connectivity index (χ3v) is 3.55. The largest absolute Gasteiger partial charge is 0.454 e. The van der Waals surface area contributed by atoms with Crippen molar-refractivity contribution in [3.8, 4) is 11.5 Å². The fourth-order valence-electron chi connectivity index (χ4n) is 2.36. The van der Waals surface area contributed by atoms with Gasteiger partial charge >= 0.3 is 0 Å². The second kappa shape index (κ2) is 5.61. The molecule has 1 atom stereocenters. The van der Waals surface area contributed by atoms with E-state index in [9.17, 15) is 4.79 Å². The summed E-state index contributed by atoms with van der Waals surface area (Å²) in [5.41, 5.74) is 1.68. The molecule has 0 saturated heterocycles. The van der Waals surface area contributed by atoms with Crippen LogP contribution in [-0.4, -0.2) is 26.2 Å². The van der Waals surface area contributed by atoms with Crippen LogP contribution in [0.1, 0.15) is 29.8 Å². The fraction of sp³-hybridized carbons (Fsp3) is 0.533. The lowest BCUT2D eigenvalue weighted by Gasteiger charge is -2.20. The smallest absolute Gasteiger partial charge is 0.231 e. The Bertz CT molecular complexity index is 483. The summed E-state index contributed by atoms with van der Waals surface area (Å²) >= 11 is 0. The molecule has 1 aliphatic heterocycles. The van der Waals surface area contributed by atoms with Crippen molar-refractivity contribution in [3.63, 3.8) is 0 Å². The van der Waals surface area contributed by atoms with Crippen LogP contribution in [0.4, 0.5) is 0 Å². The van der Waals surface area contributed by atoms with E-state index in [1.54, 1.807) is 0 Å². The molecule has 0 fully saturated rings. The Morgan fingerprint density at radius 3 is 2.53 bits per heavy atom. The van der Waals surface area contributed by atoms with E-state index in [0.29, 0.717) is 18.2 Å². The zero-order chi connectivity index (χ0) is 14.0. The molecule has 0 spiro atoms.